The zero-order valence-corrected chi connectivity index (χ0v) is 12.0. The van der Waals surface area contributed by atoms with Crippen molar-refractivity contribution in [1.29, 1.82) is 0 Å². The van der Waals surface area contributed by atoms with Gasteiger partial charge in [-0.05, 0) is 13.8 Å². The minimum absolute atomic E-state index is 0. The number of halogens is 1. The highest BCUT2D eigenvalue weighted by molar-refractivity contribution is 7.89. The fraction of sp³-hybridized carbons (Fsp3) is 0.600. The normalized spacial score (nSPS) is 21.3. The molecule has 1 atom stereocenters. The molecule has 2 rings (SSSR count). The number of piperazine rings is 1. The summed E-state index contributed by atoms with van der Waals surface area (Å²) in [7, 11) is -3.52. The van der Waals surface area contributed by atoms with Gasteiger partial charge in [-0.25, -0.2) is 13.4 Å². The van der Waals surface area contributed by atoms with Crippen molar-refractivity contribution < 1.29 is 8.42 Å². The summed E-state index contributed by atoms with van der Waals surface area (Å²) in [5.74, 6) is 0. The lowest BCUT2D eigenvalue weighted by Crippen LogP contribution is -2.52. The summed E-state index contributed by atoms with van der Waals surface area (Å²) in [6.07, 6.45) is 2.91. The Morgan fingerprint density at radius 2 is 2.06 bits per heavy atom. The van der Waals surface area contributed by atoms with Crippen molar-refractivity contribution in [3.05, 3.63) is 18.1 Å². The molecule has 1 aromatic rings. The van der Waals surface area contributed by atoms with E-state index < -0.39 is 10.0 Å². The maximum atomic E-state index is 12.4. The Bertz CT molecular complexity index is 508. The summed E-state index contributed by atoms with van der Waals surface area (Å²) >= 11 is 0. The molecule has 0 spiro atoms. The van der Waals surface area contributed by atoms with Crippen LogP contribution in [0.4, 0.5) is 0 Å². The maximum Gasteiger partial charge on any atom is 0.262 e. The molecule has 1 fully saturated rings. The summed E-state index contributed by atoms with van der Waals surface area (Å²) in [6, 6.07) is -0.0600. The summed E-state index contributed by atoms with van der Waals surface area (Å²) < 4.78 is 26.3. The zero-order chi connectivity index (χ0) is 12.5. The van der Waals surface area contributed by atoms with Crippen molar-refractivity contribution in [2.75, 3.05) is 19.6 Å². The summed E-state index contributed by atoms with van der Waals surface area (Å²) in [5, 5.41) is 3.22. The minimum Gasteiger partial charge on any atom is -0.314 e. The van der Waals surface area contributed by atoms with E-state index in [1.165, 1.54) is 16.7 Å². The quantitative estimate of drug-likeness (QED) is 0.842. The van der Waals surface area contributed by atoms with E-state index in [9.17, 15) is 8.42 Å². The van der Waals surface area contributed by atoms with Crippen LogP contribution in [0.3, 0.4) is 0 Å². The first-order valence-corrected chi connectivity index (χ1v) is 6.97. The van der Waals surface area contributed by atoms with Crippen molar-refractivity contribution in [3.8, 4) is 0 Å². The number of sulfonamides is 1. The fourth-order valence-corrected chi connectivity index (χ4v) is 3.66. The Kier molecular flexibility index (Phi) is 5.03. The van der Waals surface area contributed by atoms with Gasteiger partial charge in [0.25, 0.3) is 10.0 Å². The summed E-state index contributed by atoms with van der Waals surface area (Å²) in [6.45, 7) is 5.35. The van der Waals surface area contributed by atoms with Crippen LogP contribution in [0.25, 0.3) is 0 Å². The van der Waals surface area contributed by atoms with E-state index in [1.54, 1.807) is 6.92 Å². The molecule has 0 radical (unpaired) electrons. The SMILES string of the molecule is Cc1nccnc1S(=O)(=O)N1CCNCC1C.Cl. The van der Waals surface area contributed by atoms with Crippen LogP contribution in [0.15, 0.2) is 17.4 Å². The maximum absolute atomic E-state index is 12.4. The molecule has 0 amide bonds. The van der Waals surface area contributed by atoms with E-state index in [0.29, 0.717) is 25.3 Å². The minimum atomic E-state index is -3.52. The molecule has 1 aliphatic heterocycles. The van der Waals surface area contributed by atoms with Crippen LogP contribution in [0, 0.1) is 6.92 Å². The van der Waals surface area contributed by atoms with Crippen LogP contribution in [0.5, 0.6) is 0 Å². The first-order valence-electron chi connectivity index (χ1n) is 5.53. The Morgan fingerprint density at radius 3 is 2.67 bits per heavy atom. The van der Waals surface area contributed by atoms with Crippen molar-refractivity contribution in [2.45, 2.75) is 24.9 Å². The van der Waals surface area contributed by atoms with E-state index in [4.69, 9.17) is 0 Å². The van der Waals surface area contributed by atoms with Gasteiger partial charge in [-0.15, -0.1) is 12.4 Å². The molecule has 0 bridgehead atoms. The van der Waals surface area contributed by atoms with Crippen LogP contribution in [0.1, 0.15) is 12.6 Å². The standard InChI is InChI=1S/C10H16N4O2S.ClH/c1-8-7-11-5-6-14(8)17(15,16)10-9(2)12-3-4-13-10;/h3-4,8,11H,5-7H2,1-2H3;1H. The molecule has 2 heterocycles. The van der Waals surface area contributed by atoms with Gasteiger partial charge in [0.05, 0.1) is 5.69 Å². The fourth-order valence-electron chi connectivity index (χ4n) is 1.94. The zero-order valence-electron chi connectivity index (χ0n) is 10.3. The lowest BCUT2D eigenvalue weighted by molar-refractivity contribution is 0.283. The average Bonchev–Trinajstić information content (AvgIpc) is 2.29. The Morgan fingerprint density at radius 1 is 1.39 bits per heavy atom. The third kappa shape index (κ3) is 2.80. The molecule has 102 valence electrons. The third-order valence-corrected chi connectivity index (χ3v) is 4.88. The first kappa shape index (κ1) is 15.3. The van der Waals surface area contributed by atoms with E-state index >= 15 is 0 Å². The smallest absolute Gasteiger partial charge is 0.262 e. The highest BCUT2D eigenvalue weighted by atomic mass is 35.5. The van der Waals surface area contributed by atoms with Gasteiger partial charge in [-0.2, -0.15) is 4.31 Å². The topological polar surface area (TPSA) is 75.2 Å². The molecule has 1 N–H and O–H groups in total. The Labute approximate surface area is 113 Å². The number of hydrogen-bond donors (Lipinski definition) is 1. The van der Waals surface area contributed by atoms with Crippen LogP contribution in [-0.4, -0.2) is 48.4 Å². The third-order valence-electron chi connectivity index (χ3n) is 2.83. The van der Waals surface area contributed by atoms with Crippen molar-refractivity contribution in [3.63, 3.8) is 0 Å². The van der Waals surface area contributed by atoms with E-state index in [2.05, 4.69) is 15.3 Å². The molecular formula is C10H17ClN4O2S. The lowest BCUT2D eigenvalue weighted by Gasteiger charge is -2.32. The van der Waals surface area contributed by atoms with E-state index in [0.717, 1.165) is 0 Å². The van der Waals surface area contributed by atoms with Gasteiger partial charge in [0.2, 0.25) is 0 Å². The molecule has 0 aliphatic carbocycles. The van der Waals surface area contributed by atoms with Gasteiger partial charge in [-0.3, -0.25) is 4.98 Å². The predicted octanol–water partition coefficient (Wildman–Crippen LogP) is 0.189. The number of hydrogen-bond acceptors (Lipinski definition) is 5. The molecule has 1 aromatic heterocycles. The van der Waals surface area contributed by atoms with Gasteiger partial charge < -0.3 is 5.32 Å². The van der Waals surface area contributed by atoms with Gasteiger partial charge in [0.1, 0.15) is 0 Å². The number of rotatable bonds is 2. The molecule has 6 nitrogen and oxygen atoms in total. The molecule has 0 aromatic carbocycles. The van der Waals surface area contributed by atoms with Gasteiger partial charge in [0, 0.05) is 38.1 Å². The monoisotopic (exact) mass is 292 g/mol. The van der Waals surface area contributed by atoms with Crippen LogP contribution >= 0.6 is 12.4 Å². The second-order valence-electron chi connectivity index (χ2n) is 4.12. The molecule has 0 saturated carbocycles. The molecule has 1 unspecified atom stereocenters. The molecule has 18 heavy (non-hydrogen) atoms. The van der Waals surface area contributed by atoms with E-state index in [-0.39, 0.29) is 23.5 Å². The molecular weight excluding hydrogens is 276 g/mol. The van der Waals surface area contributed by atoms with Crippen molar-refractivity contribution in [1.82, 2.24) is 19.6 Å². The Balaban J connectivity index is 0.00000162. The van der Waals surface area contributed by atoms with Crippen molar-refractivity contribution in [2.24, 2.45) is 0 Å². The van der Waals surface area contributed by atoms with Crippen LogP contribution in [-0.2, 0) is 10.0 Å². The second-order valence-corrected chi connectivity index (χ2v) is 5.92. The van der Waals surface area contributed by atoms with E-state index in [1.807, 2.05) is 6.92 Å². The van der Waals surface area contributed by atoms with Crippen LogP contribution < -0.4 is 5.32 Å². The second kappa shape index (κ2) is 5.92. The summed E-state index contributed by atoms with van der Waals surface area (Å²) in [5.41, 5.74) is 0.443. The predicted molar refractivity (Wildman–Crippen MR) is 70.2 cm³/mol. The first-order chi connectivity index (χ1) is 8.03. The average molecular weight is 293 g/mol. The van der Waals surface area contributed by atoms with Gasteiger partial charge in [-0.1, -0.05) is 0 Å². The van der Waals surface area contributed by atoms with Crippen LogP contribution in [0.2, 0.25) is 0 Å². The highest BCUT2D eigenvalue weighted by Gasteiger charge is 2.33. The van der Waals surface area contributed by atoms with Crippen molar-refractivity contribution >= 4 is 22.4 Å². The number of aromatic nitrogens is 2. The number of nitrogens with one attached hydrogen (secondary N) is 1. The number of aryl methyl sites for hydroxylation is 1. The largest absolute Gasteiger partial charge is 0.314 e. The highest BCUT2D eigenvalue weighted by Crippen LogP contribution is 2.18. The molecule has 1 aliphatic rings. The summed E-state index contributed by atoms with van der Waals surface area (Å²) in [4.78, 5) is 7.93. The molecule has 8 heteroatoms. The van der Waals surface area contributed by atoms with Gasteiger partial charge in [0.15, 0.2) is 5.03 Å². The number of nitrogens with zero attached hydrogens (tertiary/aromatic N) is 3. The Hall–Kier alpha value is -0.760. The molecule has 1 saturated heterocycles. The lowest BCUT2D eigenvalue weighted by atomic mass is 10.3. The van der Waals surface area contributed by atoms with Gasteiger partial charge >= 0.3 is 0 Å².